The Balaban J connectivity index is 2.32. The molecule has 0 spiro atoms. The van der Waals surface area contributed by atoms with Gasteiger partial charge in [0.1, 0.15) is 17.8 Å². The van der Waals surface area contributed by atoms with E-state index in [9.17, 15) is 0 Å². The molecule has 0 aromatic carbocycles. The van der Waals surface area contributed by atoms with Gasteiger partial charge in [0.05, 0.1) is 5.39 Å². The second-order valence-corrected chi connectivity index (χ2v) is 3.45. The number of aromatic nitrogens is 3. The summed E-state index contributed by atoms with van der Waals surface area (Å²) in [5, 5.41) is 0.967. The smallest absolute Gasteiger partial charge is 0.145 e. The zero-order valence-corrected chi connectivity index (χ0v) is 7.14. The van der Waals surface area contributed by atoms with E-state index < -0.39 is 0 Å². The first-order chi connectivity index (χ1) is 6.36. The first kappa shape index (κ1) is 6.88. The second-order valence-electron chi connectivity index (χ2n) is 3.45. The molecule has 2 heterocycles. The molecule has 0 atom stereocenters. The molecule has 1 fully saturated rings. The van der Waals surface area contributed by atoms with E-state index in [1.165, 1.54) is 19.2 Å². The predicted molar refractivity (Wildman–Crippen MR) is 50.2 cm³/mol. The highest BCUT2D eigenvalue weighted by molar-refractivity contribution is 5.86. The lowest BCUT2D eigenvalue weighted by Gasteiger charge is -2.00. The number of anilines is 1. The van der Waals surface area contributed by atoms with Crippen LogP contribution in [0.3, 0.4) is 0 Å². The van der Waals surface area contributed by atoms with Gasteiger partial charge in [-0.05, 0) is 18.9 Å². The Morgan fingerprint density at radius 3 is 3.00 bits per heavy atom. The van der Waals surface area contributed by atoms with E-state index in [0.717, 1.165) is 11.0 Å². The topological polar surface area (TPSA) is 56.7 Å². The second kappa shape index (κ2) is 2.22. The quantitative estimate of drug-likeness (QED) is 0.709. The number of hydrogen-bond donors (Lipinski definition) is 1. The third-order valence-corrected chi connectivity index (χ3v) is 2.48. The zero-order chi connectivity index (χ0) is 8.84. The third kappa shape index (κ3) is 0.915. The van der Waals surface area contributed by atoms with Crippen LogP contribution in [0.1, 0.15) is 18.9 Å². The van der Waals surface area contributed by atoms with Crippen molar-refractivity contribution < 1.29 is 0 Å². The lowest BCUT2D eigenvalue weighted by molar-refractivity contribution is 0.765. The van der Waals surface area contributed by atoms with Crippen LogP contribution in [0.4, 0.5) is 5.82 Å². The minimum atomic E-state index is 0.574. The van der Waals surface area contributed by atoms with Crippen LogP contribution in [0.5, 0.6) is 0 Å². The van der Waals surface area contributed by atoms with Gasteiger partial charge in [-0.15, -0.1) is 0 Å². The predicted octanol–water partition coefficient (Wildman–Crippen LogP) is 1.35. The summed E-state index contributed by atoms with van der Waals surface area (Å²) in [6, 6.07) is 2.63. The number of fused-ring (bicyclic) bond motifs is 1. The van der Waals surface area contributed by atoms with Crippen molar-refractivity contribution in [3.63, 3.8) is 0 Å². The fraction of sp³-hybridized carbons (Fsp3) is 0.333. The zero-order valence-electron chi connectivity index (χ0n) is 7.14. The fourth-order valence-corrected chi connectivity index (χ4v) is 1.64. The summed E-state index contributed by atoms with van der Waals surface area (Å²) in [7, 11) is 0. The Morgan fingerprint density at radius 2 is 2.23 bits per heavy atom. The molecule has 0 bridgehead atoms. The largest absolute Gasteiger partial charge is 0.383 e. The van der Waals surface area contributed by atoms with Crippen LogP contribution in [-0.2, 0) is 0 Å². The van der Waals surface area contributed by atoms with Gasteiger partial charge in [0.15, 0.2) is 0 Å². The third-order valence-electron chi connectivity index (χ3n) is 2.48. The summed E-state index contributed by atoms with van der Waals surface area (Å²) in [6.45, 7) is 0. The Bertz CT molecular complexity index is 456. The van der Waals surface area contributed by atoms with Gasteiger partial charge in [-0.25, -0.2) is 9.97 Å². The summed E-state index contributed by atoms with van der Waals surface area (Å²) in [5.74, 6) is 0.574. The summed E-state index contributed by atoms with van der Waals surface area (Å²) in [4.78, 5) is 8.19. The van der Waals surface area contributed by atoms with Crippen molar-refractivity contribution in [1.82, 2.24) is 14.5 Å². The van der Waals surface area contributed by atoms with Gasteiger partial charge in [-0.3, -0.25) is 0 Å². The summed E-state index contributed by atoms with van der Waals surface area (Å²) in [5.41, 5.74) is 6.69. The number of nitrogens with two attached hydrogens (primary N) is 1. The lowest BCUT2D eigenvalue weighted by Crippen LogP contribution is -1.96. The van der Waals surface area contributed by atoms with E-state index in [1.54, 1.807) is 0 Å². The van der Waals surface area contributed by atoms with E-state index in [4.69, 9.17) is 5.73 Å². The molecule has 0 radical (unpaired) electrons. The lowest BCUT2D eigenvalue weighted by atomic mass is 10.4. The molecule has 1 saturated carbocycles. The van der Waals surface area contributed by atoms with Gasteiger partial charge in [0.25, 0.3) is 0 Å². The maximum Gasteiger partial charge on any atom is 0.145 e. The number of nitrogens with zero attached hydrogens (tertiary/aromatic N) is 3. The molecule has 0 unspecified atom stereocenters. The normalized spacial score (nSPS) is 16.6. The summed E-state index contributed by atoms with van der Waals surface area (Å²) < 4.78 is 2.19. The Kier molecular flexibility index (Phi) is 1.17. The maximum absolute atomic E-state index is 5.73. The van der Waals surface area contributed by atoms with Crippen LogP contribution in [-0.4, -0.2) is 14.5 Å². The molecule has 2 aromatic heterocycles. The van der Waals surface area contributed by atoms with Crippen molar-refractivity contribution in [1.29, 1.82) is 0 Å². The van der Waals surface area contributed by atoms with Gasteiger partial charge < -0.3 is 10.3 Å². The minimum absolute atomic E-state index is 0.574. The van der Waals surface area contributed by atoms with E-state index in [0.29, 0.717) is 11.9 Å². The average molecular weight is 174 g/mol. The van der Waals surface area contributed by atoms with Crippen LogP contribution >= 0.6 is 0 Å². The highest BCUT2D eigenvalue weighted by Gasteiger charge is 2.25. The van der Waals surface area contributed by atoms with Gasteiger partial charge >= 0.3 is 0 Å². The van der Waals surface area contributed by atoms with Gasteiger partial charge in [0, 0.05) is 12.2 Å². The maximum atomic E-state index is 5.73. The average Bonchev–Trinajstić information content (AvgIpc) is 2.87. The Labute approximate surface area is 75.4 Å². The minimum Gasteiger partial charge on any atom is -0.383 e. The fourth-order valence-electron chi connectivity index (χ4n) is 1.64. The van der Waals surface area contributed by atoms with Gasteiger partial charge in [-0.2, -0.15) is 0 Å². The highest BCUT2D eigenvalue weighted by atomic mass is 15.1. The molecule has 4 nitrogen and oxygen atoms in total. The van der Waals surface area contributed by atoms with E-state index >= 15 is 0 Å². The van der Waals surface area contributed by atoms with E-state index in [2.05, 4.69) is 14.5 Å². The van der Waals surface area contributed by atoms with Crippen molar-refractivity contribution in [2.45, 2.75) is 18.9 Å². The standard InChI is InChI=1S/C9H10N4/c10-8-7-3-4-13(6-1-2-6)9(7)12-5-11-8/h3-6H,1-2H2,(H2,10,11,12). The Morgan fingerprint density at radius 1 is 1.38 bits per heavy atom. The molecule has 1 aliphatic carbocycles. The van der Waals surface area contributed by atoms with E-state index in [-0.39, 0.29) is 0 Å². The molecule has 13 heavy (non-hydrogen) atoms. The molecule has 0 saturated heterocycles. The molecule has 0 amide bonds. The molecule has 2 aromatic rings. The molecular weight excluding hydrogens is 164 g/mol. The summed E-state index contributed by atoms with van der Waals surface area (Å²) >= 11 is 0. The van der Waals surface area contributed by atoms with Crippen LogP contribution in [0, 0.1) is 0 Å². The van der Waals surface area contributed by atoms with Crippen LogP contribution in [0.25, 0.3) is 11.0 Å². The molecule has 1 aliphatic rings. The van der Waals surface area contributed by atoms with Crippen molar-refractivity contribution in [2.75, 3.05) is 5.73 Å². The van der Waals surface area contributed by atoms with Crippen molar-refractivity contribution in [3.05, 3.63) is 18.6 Å². The highest BCUT2D eigenvalue weighted by Crippen LogP contribution is 2.37. The molecule has 2 N–H and O–H groups in total. The van der Waals surface area contributed by atoms with Crippen molar-refractivity contribution in [3.8, 4) is 0 Å². The van der Waals surface area contributed by atoms with Gasteiger partial charge in [-0.1, -0.05) is 0 Å². The number of rotatable bonds is 1. The summed E-state index contributed by atoms with van der Waals surface area (Å²) in [6.07, 6.45) is 6.09. The SMILES string of the molecule is Nc1ncnc2c1ccn2C1CC1. The molecule has 4 heteroatoms. The van der Waals surface area contributed by atoms with Crippen LogP contribution < -0.4 is 5.73 Å². The number of hydrogen-bond acceptors (Lipinski definition) is 3. The molecule has 66 valence electrons. The first-order valence-electron chi connectivity index (χ1n) is 4.43. The van der Waals surface area contributed by atoms with E-state index in [1.807, 2.05) is 12.3 Å². The first-order valence-corrected chi connectivity index (χ1v) is 4.43. The molecular formula is C9H10N4. The van der Waals surface area contributed by atoms with Gasteiger partial charge in [0.2, 0.25) is 0 Å². The molecule has 3 rings (SSSR count). The van der Waals surface area contributed by atoms with Crippen LogP contribution in [0.15, 0.2) is 18.6 Å². The monoisotopic (exact) mass is 174 g/mol. The van der Waals surface area contributed by atoms with Crippen molar-refractivity contribution in [2.24, 2.45) is 0 Å². The number of nitrogen functional groups attached to an aromatic ring is 1. The van der Waals surface area contributed by atoms with Crippen LogP contribution in [0.2, 0.25) is 0 Å². The Hall–Kier alpha value is -1.58. The molecule has 0 aliphatic heterocycles. The van der Waals surface area contributed by atoms with Crippen molar-refractivity contribution >= 4 is 16.9 Å².